The summed E-state index contributed by atoms with van der Waals surface area (Å²) in [4.78, 5) is 10.9. The first-order valence-electron chi connectivity index (χ1n) is 17.7. The van der Waals surface area contributed by atoms with Crippen LogP contribution in [0.5, 0.6) is 0 Å². The minimum absolute atomic E-state index is 0.0342. The van der Waals surface area contributed by atoms with Crippen LogP contribution in [-0.4, -0.2) is 84.5 Å². The van der Waals surface area contributed by atoms with E-state index in [4.69, 9.17) is 9.11 Å². The predicted molar refractivity (Wildman–Crippen MR) is 235 cm³/mol. The van der Waals surface area contributed by atoms with Crippen molar-refractivity contribution in [2.45, 2.75) is 9.79 Å². The fourth-order valence-corrected chi connectivity index (χ4v) is 7.77. The molecule has 0 amide bonds. The Labute approximate surface area is 368 Å². The van der Waals surface area contributed by atoms with Crippen LogP contribution >= 0.6 is 0 Å². The Bertz CT molecular complexity index is 3340. The lowest BCUT2D eigenvalue weighted by Gasteiger charge is -2.25. The molecule has 6 rings (SSSR count). The van der Waals surface area contributed by atoms with Crippen molar-refractivity contribution < 1.29 is 61.6 Å². The summed E-state index contributed by atoms with van der Waals surface area (Å²) in [5.74, 6) is 0. The van der Waals surface area contributed by atoms with Crippen LogP contribution in [0.4, 0.5) is 22.7 Å². The van der Waals surface area contributed by atoms with Crippen molar-refractivity contribution in [3.05, 3.63) is 182 Å². The Morgan fingerprint density at radius 3 is 1.46 bits per heavy atom. The summed E-state index contributed by atoms with van der Waals surface area (Å²) in [7, 11) is -18.8. The lowest BCUT2D eigenvalue weighted by Crippen LogP contribution is -2.11. The van der Waals surface area contributed by atoms with Gasteiger partial charge in [-0.1, -0.05) is 29.2 Å². The van der Waals surface area contributed by atoms with Gasteiger partial charge in [0, 0.05) is 35.1 Å². The molecule has 27 heteroatoms. The minimum Gasteiger partial charge on any atom is -0.737 e. The van der Waals surface area contributed by atoms with Gasteiger partial charge in [0.05, 0.1) is 36.9 Å². The molecule has 0 bridgehead atoms. The topological polar surface area (TPSA) is 352 Å². The number of hydrazone groups is 2. The Balaban J connectivity index is 1.15. The Hall–Kier alpha value is -7.34. The van der Waals surface area contributed by atoms with Crippen LogP contribution < -0.4 is 5.17 Å². The second-order valence-corrected chi connectivity index (χ2v) is 18.6. The van der Waals surface area contributed by atoms with E-state index in [0.717, 1.165) is 78.9 Å². The zero-order chi connectivity index (χ0) is 47.3. The van der Waals surface area contributed by atoms with E-state index in [1.54, 1.807) is 0 Å². The summed E-state index contributed by atoms with van der Waals surface area (Å²) in [6, 6.07) is 13.6. The number of nitrogens with zero attached hydrogens (tertiary/aromatic N) is 8. The van der Waals surface area contributed by atoms with Crippen molar-refractivity contribution in [3.8, 4) is 0 Å². The third-order valence-corrected chi connectivity index (χ3v) is 12.1. The van der Waals surface area contributed by atoms with Crippen molar-refractivity contribution >= 4 is 86.1 Å². The summed E-state index contributed by atoms with van der Waals surface area (Å²) >= 11 is 0. The van der Waals surface area contributed by atoms with Crippen LogP contribution in [-0.2, 0) is 40.5 Å². The molecule has 3 aromatic carbocycles. The molecule has 0 unspecified atom stereocenters. The molecular weight excluding hydrogens is 937 g/mol. The summed E-state index contributed by atoms with van der Waals surface area (Å²) in [5.41, 5.74) is -0.350. The number of rotatable bonds is 12. The van der Waals surface area contributed by atoms with E-state index in [-0.39, 0.29) is 71.6 Å². The fraction of sp³-hybridized carbons (Fsp3) is 0. The molecule has 0 fully saturated rings. The highest BCUT2D eigenvalue weighted by molar-refractivity contribution is 7.90. The van der Waals surface area contributed by atoms with Gasteiger partial charge in [-0.2, -0.15) is 49.0 Å². The normalized spacial score (nSPS) is 18.3. The number of anilines is 1. The smallest absolute Gasteiger partial charge is 0.295 e. The number of allylic oxidation sites excluding steroid dienone is 14. The highest BCUT2D eigenvalue weighted by atomic mass is 32.2. The van der Waals surface area contributed by atoms with Crippen molar-refractivity contribution in [2.75, 3.05) is 5.17 Å². The molecule has 0 saturated heterocycles. The molecule has 4 N–H and O–H groups in total. The number of hydrogen-bond acceptors (Lipinski definition) is 16. The number of nitroso groups, excluding NO2 is 1. The SMILES string of the molecule is O=[N+](/N=C1C=C/C(=C\C=C2C=C/C(=N\N=C3C=CC(=NN([O-])c4ccc(S(=O)(=O)O)cc4)C=C3)C=C\2S(=O)(=O)O)C(S(=O)(=O)O)=C\1)c1ccc(N=[N+]([O-])c2ccc(S(=O)(=O)O)cc2)cc1. The average molecular weight is 965 g/mol. The van der Waals surface area contributed by atoms with Crippen LogP contribution in [0.2, 0.25) is 0 Å². The third kappa shape index (κ3) is 12.4. The first-order valence-corrected chi connectivity index (χ1v) is 23.4. The molecule has 65 heavy (non-hydrogen) atoms. The fourth-order valence-electron chi connectivity index (χ4n) is 5.40. The monoisotopic (exact) mass is 964 g/mol. The highest BCUT2D eigenvalue weighted by Crippen LogP contribution is 2.28. The molecule has 334 valence electrons. The molecule has 3 aromatic rings. The first-order chi connectivity index (χ1) is 30.4. The molecule has 0 atom stereocenters. The maximum Gasteiger partial charge on any atom is 0.295 e. The molecular formula is C38H28N8O15S4. The van der Waals surface area contributed by atoms with E-state index in [0.29, 0.717) is 0 Å². The molecule has 0 radical (unpaired) electrons. The number of benzene rings is 3. The van der Waals surface area contributed by atoms with Crippen LogP contribution in [0, 0.1) is 15.3 Å². The van der Waals surface area contributed by atoms with Gasteiger partial charge in [-0.25, -0.2) is 0 Å². The second-order valence-electron chi connectivity index (χ2n) is 13.0. The number of azo groups is 1. The van der Waals surface area contributed by atoms with E-state index in [2.05, 4.69) is 25.5 Å². The minimum atomic E-state index is -4.98. The standard InChI is InChI=1S/C38H28N8O15S4/c47-44(33-15-19-35(20-16-33)62(50,51)52)41-28-9-7-27(8-10-28)39-40-30-5-3-25(37(23-30)64(56,57)58)1-2-26-4-6-31(24-38(26)65(59,60)61)43-46(49)32-13-11-29(12-14-32)42-45(48)34-17-21-36(22-18-34)63(53,54)55/h1-24H,(H,50,51,52)(H,53,54,55)(H,56,57,58)(H,59,60,61)/b25-1-,26-2+,39-27?,40-30+,41-28?,43-31+,45-42?. The molecule has 0 heterocycles. The molecule has 3 aliphatic rings. The molecule has 0 saturated carbocycles. The van der Waals surface area contributed by atoms with Crippen molar-refractivity contribution in [2.24, 2.45) is 25.5 Å². The maximum absolute atomic E-state index is 12.9. The van der Waals surface area contributed by atoms with E-state index < -0.39 is 60.1 Å². The lowest BCUT2D eigenvalue weighted by molar-refractivity contribution is -0.467. The zero-order valence-electron chi connectivity index (χ0n) is 32.3. The van der Waals surface area contributed by atoms with Gasteiger partial charge in [0.2, 0.25) is 5.69 Å². The first kappa shape index (κ1) is 47.1. The largest absolute Gasteiger partial charge is 0.737 e. The summed E-state index contributed by atoms with van der Waals surface area (Å²) in [5, 5.41) is 44.5. The van der Waals surface area contributed by atoms with E-state index in [9.17, 15) is 58.1 Å². The van der Waals surface area contributed by atoms with Crippen molar-refractivity contribution in [3.63, 3.8) is 0 Å². The van der Waals surface area contributed by atoms with Gasteiger partial charge >= 0.3 is 0 Å². The third-order valence-electron chi connectivity index (χ3n) is 8.52. The van der Waals surface area contributed by atoms with Gasteiger partial charge in [0.15, 0.2) is 4.87 Å². The van der Waals surface area contributed by atoms with E-state index >= 15 is 0 Å². The van der Waals surface area contributed by atoms with Crippen LogP contribution in [0.3, 0.4) is 0 Å². The molecule has 3 aliphatic carbocycles. The second kappa shape index (κ2) is 18.8. The zero-order valence-corrected chi connectivity index (χ0v) is 35.6. The van der Waals surface area contributed by atoms with Gasteiger partial charge in [-0.3, -0.25) is 18.2 Å². The van der Waals surface area contributed by atoms with Gasteiger partial charge in [-0.05, 0) is 108 Å². The van der Waals surface area contributed by atoms with Crippen LogP contribution in [0.25, 0.3) is 0 Å². The average Bonchev–Trinajstić information content (AvgIpc) is 3.25. The Morgan fingerprint density at radius 1 is 0.523 bits per heavy atom. The van der Waals surface area contributed by atoms with Crippen molar-refractivity contribution in [1.82, 2.24) is 0 Å². The molecule has 0 aliphatic heterocycles. The van der Waals surface area contributed by atoms with E-state index in [1.165, 1.54) is 66.8 Å². The molecule has 23 nitrogen and oxygen atoms in total. The maximum atomic E-state index is 12.9. The van der Waals surface area contributed by atoms with E-state index in [1.807, 2.05) is 0 Å². The quantitative estimate of drug-likeness (QED) is 0.0556. The Morgan fingerprint density at radius 2 is 0.954 bits per heavy atom. The van der Waals surface area contributed by atoms with Crippen molar-refractivity contribution in [1.29, 1.82) is 0 Å². The van der Waals surface area contributed by atoms with Gasteiger partial charge in [0.25, 0.3) is 46.2 Å². The highest BCUT2D eigenvalue weighted by Gasteiger charge is 2.25. The lowest BCUT2D eigenvalue weighted by atomic mass is 10.0. The predicted octanol–water partition coefficient (Wildman–Crippen LogP) is 5.69. The van der Waals surface area contributed by atoms with Crippen LogP contribution in [0.15, 0.2) is 202 Å². The summed E-state index contributed by atoms with van der Waals surface area (Å²) in [6.07, 6.45) is 14.6. The summed E-state index contributed by atoms with van der Waals surface area (Å²) < 4.78 is 133. The van der Waals surface area contributed by atoms with Gasteiger partial charge in [-0.15, -0.1) is 0 Å². The summed E-state index contributed by atoms with van der Waals surface area (Å²) in [6.45, 7) is 0. The van der Waals surface area contributed by atoms with Crippen LogP contribution in [0.1, 0.15) is 0 Å². The van der Waals surface area contributed by atoms with Gasteiger partial charge < -0.3 is 15.6 Å². The molecule has 0 spiro atoms. The Kier molecular flexibility index (Phi) is 13.6. The number of hydrogen-bond donors (Lipinski definition) is 4. The molecule has 0 aromatic heterocycles. The van der Waals surface area contributed by atoms with Gasteiger partial charge in [0.1, 0.15) is 21.2 Å².